The molecule has 2 aromatic carbocycles. The minimum absolute atomic E-state index is 0.0343. The average molecular weight is 559 g/mol. The molecule has 198 valence electrons. The van der Waals surface area contributed by atoms with Gasteiger partial charge in [0, 0.05) is 42.2 Å². The first-order valence-corrected chi connectivity index (χ1v) is 14.2. The van der Waals surface area contributed by atoms with Crippen LogP contribution in [0.4, 0.5) is 5.69 Å². The van der Waals surface area contributed by atoms with Crippen molar-refractivity contribution in [2.75, 3.05) is 30.8 Å². The largest absolute Gasteiger partial charge is 0.497 e. The van der Waals surface area contributed by atoms with Crippen molar-refractivity contribution in [2.45, 2.75) is 45.7 Å². The monoisotopic (exact) mass is 557 g/mol. The molecule has 2 rings (SSSR count). The lowest BCUT2D eigenvalue weighted by atomic mass is 10.1. The lowest BCUT2D eigenvalue weighted by Gasteiger charge is -2.29. The molecule has 0 spiro atoms. The van der Waals surface area contributed by atoms with E-state index in [1.807, 2.05) is 6.92 Å². The van der Waals surface area contributed by atoms with Gasteiger partial charge in [0.2, 0.25) is 21.8 Å². The molecular weight excluding hydrogens is 525 g/mol. The molecular formula is C25H33Cl2N3O5S. The molecule has 0 radical (unpaired) electrons. The van der Waals surface area contributed by atoms with Crippen LogP contribution in [-0.2, 0) is 26.2 Å². The van der Waals surface area contributed by atoms with Gasteiger partial charge in [-0.2, -0.15) is 0 Å². The van der Waals surface area contributed by atoms with E-state index in [-0.39, 0.29) is 37.7 Å². The second kappa shape index (κ2) is 13.7. The third-order valence-corrected chi connectivity index (χ3v) is 7.35. The maximum atomic E-state index is 13.3. The van der Waals surface area contributed by atoms with Crippen LogP contribution in [0, 0.1) is 0 Å². The van der Waals surface area contributed by atoms with Gasteiger partial charge in [-0.1, -0.05) is 42.3 Å². The number of hydrogen-bond acceptors (Lipinski definition) is 5. The molecule has 1 N–H and O–H groups in total. The van der Waals surface area contributed by atoms with Crippen LogP contribution < -0.4 is 14.4 Å². The van der Waals surface area contributed by atoms with Gasteiger partial charge in [-0.3, -0.25) is 13.9 Å². The third kappa shape index (κ3) is 8.57. The zero-order valence-corrected chi connectivity index (χ0v) is 23.3. The summed E-state index contributed by atoms with van der Waals surface area (Å²) in [4.78, 5) is 27.4. The molecule has 1 atom stereocenters. The Balaban J connectivity index is 2.20. The Morgan fingerprint density at radius 3 is 2.47 bits per heavy atom. The summed E-state index contributed by atoms with van der Waals surface area (Å²) in [7, 11) is -2.10. The Labute approximate surface area is 223 Å². The molecule has 11 heteroatoms. The summed E-state index contributed by atoms with van der Waals surface area (Å²) >= 11 is 12.3. The van der Waals surface area contributed by atoms with Crippen LogP contribution in [0.15, 0.2) is 42.5 Å². The minimum Gasteiger partial charge on any atom is -0.497 e. The van der Waals surface area contributed by atoms with E-state index < -0.39 is 16.1 Å². The molecule has 0 aliphatic carbocycles. The first-order valence-electron chi connectivity index (χ1n) is 11.6. The lowest BCUT2D eigenvalue weighted by molar-refractivity contribution is -0.140. The molecule has 2 amide bonds. The number of hydrogen-bond donors (Lipinski definition) is 1. The molecule has 0 saturated carbocycles. The normalized spacial score (nSPS) is 12.1. The second-order valence-electron chi connectivity index (χ2n) is 8.36. The van der Waals surface area contributed by atoms with Crippen LogP contribution in [-0.4, -0.2) is 57.6 Å². The summed E-state index contributed by atoms with van der Waals surface area (Å²) in [6.07, 6.45) is 2.16. The average Bonchev–Trinajstić information content (AvgIpc) is 2.83. The standard InChI is InChI=1S/C25H33Cl2N3O5S/c1-5-13-28-25(32)18(2)29(17-19-11-12-20(26)15-23(19)27)24(31)10-7-14-30(36(4,33)34)21-8-6-9-22(16-21)35-3/h6,8-9,11-12,15-16,18H,5,7,10,13-14,17H2,1-4H3,(H,28,32). The van der Waals surface area contributed by atoms with E-state index in [9.17, 15) is 18.0 Å². The summed E-state index contributed by atoms with van der Waals surface area (Å²) in [5.74, 6) is -0.0427. The van der Waals surface area contributed by atoms with Crippen molar-refractivity contribution in [2.24, 2.45) is 0 Å². The zero-order valence-electron chi connectivity index (χ0n) is 21.0. The maximum Gasteiger partial charge on any atom is 0.242 e. The number of halogens is 2. The zero-order chi connectivity index (χ0) is 26.9. The van der Waals surface area contributed by atoms with E-state index in [4.69, 9.17) is 27.9 Å². The van der Waals surface area contributed by atoms with Crippen molar-refractivity contribution in [1.82, 2.24) is 10.2 Å². The van der Waals surface area contributed by atoms with Crippen LogP contribution in [0.25, 0.3) is 0 Å². The topological polar surface area (TPSA) is 96.0 Å². The van der Waals surface area contributed by atoms with E-state index >= 15 is 0 Å². The van der Waals surface area contributed by atoms with E-state index in [0.29, 0.717) is 33.6 Å². The summed E-state index contributed by atoms with van der Waals surface area (Å²) in [5.41, 5.74) is 1.10. The number of ether oxygens (including phenoxy) is 1. The highest BCUT2D eigenvalue weighted by Gasteiger charge is 2.27. The smallest absolute Gasteiger partial charge is 0.242 e. The van der Waals surface area contributed by atoms with Crippen molar-refractivity contribution in [3.63, 3.8) is 0 Å². The number of rotatable bonds is 13. The van der Waals surface area contributed by atoms with Crippen LogP contribution in [0.5, 0.6) is 5.75 Å². The van der Waals surface area contributed by atoms with Crippen molar-refractivity contribution in [3.8, 4) is 5.75 Å². The highest BCUT2D eigenvalue weighted by Crippen LogP contribution is 2.25. The molecule has 0 bridgehead atoms. The Kier molecular flexibility index (Phi) is 11.3. The van der Waals surface area contributed by atoms with Gasteiger partial charge in [0.1, 0.15) is 11.8 Å². The van der Waals surface area contributed by atoms with Crippen molar-refractivity contribution >= 4 is 50.7 Å². The van der Waals surface area contributed by atoms with Crippen LogP contribution in [0.2, 0.25) is 10.0 Å². The molecule has 2 aromatic rings. The minimum atomic E-state index is -3.60. The quantitative estimate of drug-likeness (QED) is 0.391. The van der Waals surface area contributed by atoms with Gasteiger partial charge in [0.05, 0.1) is 19.1 Å². The molecule has 0 aromatic heterocycles. The molecule has 0 aliphatic heterocycles. The molecule has 1 unspecified atom stereocenters. The number of carbonyl (C=O) groups is 2. The summed E-state index contributed by atoms with van der Waals surface area (Å²) in [6.45, 7) is 4.30. The fourth-order valence-electron chi connectivity index (χ4n) is 3.58. The lowest BCUT2D eigenvalue weighted by Crippen LogP contribution is -2.48. The molecule has 0 aliphatic rings. The summed E-state index contributed by atoms with van der Waals surface area (Å²) in [6, 6.07) is 10.9. The predicted octanol–water partition coefficient (Wildman–Crippen LogP) is 4.49. The molecule has 0 saturated heterocycles. The Morgan fingerprint density at radius 1 is 1.14 bits per heavy atom. The number of sulfonamides is 1. The van der Waals surface area contributed by atoms with Gasteiger partial charge in [-0.05, 0) is 49.6 Å². The number of carbonyl (C=O) groups excluding carboxylic acids is 2. The molecule has 8 nitrogen and oxygen atoms in total. The highest BCUT2D eigenvalue weighted by atomic mass is 35.5. The number of methoxy groups -OCH3 is 1. The van der Waals surface area contributed by atoms with Gasteiger partial charge >= 0.3 is 0 Å². The summed E-state index contributed by atoms with van der Waals surface area (Å²) < 4.78 is 31.4. The van der Waals surface area contributed by atoms with Gasteiger partial charge in [0.25, 0.3) is 0 Å². The van der Waals surface area contributed by atoms with E-state index in [1.54, 1.807) is 49.4 Å². The van der Waals surface area contributed by atoms with E-state index in [2.05, 4.69) is 5.32 Å². The van der Waals surface area contributed by atoms with Gasteiger partial charge in [-0.15, -0.1) is 0 Å². The molecule has 0 heterocycles. The van der Waals surface area contributed by atoms with E-state index in [0.717, 1.165) is 12.7 Å². The first kappa shape index (κ1) is 29.7. The fourth-order valence-corrected chi connectivity index (χ4v) is 5.01. The Morgan fingerprint density at radius 2 is 1.86 bits per heavy atom. The first-order chi connectivity index (χ1) is 17.0. The van der Waals surface area contributed by atoms with Crippen molar-refractivity contribution in [1.29, 1.82) is 0 Å². The number of nitrogens with zero attached hydrogens (tertiary/aromatic N) is 2. The van der Waals surface area contributed by atoms with Gasteiger partial charge in [0.15, 0.2) is 0 Å². The molecule has 36 heavy (non-hydrogen) atoms. The van der Waals surface area contributed by atoms with Gasteiger partial charge in [-0.25, -0.2) is 8.42 Å². The third-order valence-electron chi connectivity index (χ3n) is 5.57. The summed E-state index contributed by atoms with van der Waals surface area (Å²) in [5, 5.41) is 3.68. The van der Waals surface area contributed by atoms with E-state index in [1.165, 1.54) is 16.3 Å². The number of amides is 2. The molecule has 0 fully saturated rings. The fraction of sp³-hybridized carbons (Fsp3) is 0.440. The van der Waals surface area contributed by atoms with Crippen molar-refractivity contribution in [3.05, 3.63) is 58.1 Å². The Bertz CT molecular complexity index is 1160. The van der Waals surface area contributed by atoms with Crippen LogP contribution in [0.3, 0.4) is 0 Å². The second-order valence-corrected chi connectivity index (χ2v) is 11.1. The number of anilines is 1. The Hall–Kier alpha value is -2.49. The van der Waals surface area contributed by atoms with Crippen LogP contribution in [0.1, 0.15) is 38.7 Å². The highest BCUT2D eigenvalue weighted by molar-refractivity contribution is 7.92. The maximum absolute atomic E-state index is 13.3. The SMILES string of the molecule is CCCNC(=O)C(C)N(Cc1ccc(Cl)cc1Cl)C(=O)CCCN(c1cccc(OC)c1)S(C)(=O)=O. The predicted molar refractivity (Wildman–Crippen MR) is 144 cm³/mol. The van der Waals surface area contributed by atoms with Gasteiger partial charge < -0.3 is 15.0 Å². The van der Waals surface area contributed by atoms with Crippen molar-refractivity contribution < 1.29 is 22.7 Å². The number of benzene rings is 2. The number of nitrogens with one attached hydrogen (secondary N) is 1. The van der Waals surface area contributed by atoms with Crippen LogP contribution >= 0.6 is 23.2 Å².